The molecule has 4 nitrogen and oxygen atoms in total. The molecule has 0 radical (unpaired) electrons. The van der Waals surface area contributed by atoms with Crippen molar-refractivity contribution in [2.24, 2.45) is 10.8 Å². The number of esters is 1. The Labute approximate surface area is 137 Å². The highest BCUT2D eigenvalue weighted by molar-refractivity contribution is 14.1. The van der Waals surface area contributed by atoms with Gasteiger partial charge in [0.05, 0.1) is 5.41 Å². The molecule has 1 aromatic carbocycles. The maximum atomic E-state index is 12.8. The molecule has 1 saturated carbocycles. The number of nitrogens with one attached hydrogen (secondary N) is 1. The van der Waals surface area contributed by atoms with Gasteiger partial charge in [-0.3, -0.25) is 9.59 Å². The Balaban J connectivity index is 1.93. The van der Waals surface area contributed by atoms with Crippen LogP contribution in [0.15, 0.2) is 24.3 Å². The van der Waals surface area contributed by atoms with E-state index in [2.05, 4.69) is 27.9 Å². The van der Waals surface area contributed by atoms with E-state index in [4.69, 9.17) is 4.74 Å². The summed E-state index contributed by atoms with van der Waals surface area (Å²) < 4.78 is 6.62. The third-order valence-electron chi connectivity index (χ3n) is 5.53. The van der Waals surface area contributed by atoms with Gasteiger partial charge in [-0.05, 0) is 60.6 Å². The number of benzene rings is 1. The fourth-order valence-corrected chi connectivity index (χ4v) is 4.09. The summed E-state index contributed by atoms with van der Waals surface area (Å²) in [4.78, 5) is 25.0. The van der Waals surface area contributed by atoms with Crippen molar-refractivity contribution in [3.63, 3.8) is 0 Å². The molecule has 3 rings (SSSR count). The average Bonchev–Trinajstić information content (AvgIpc) is 2.69. The van der Waals surface area contributed by atoms with E-state index in [0.717, 1.165) is 9.26 Å². The fraction of sp³-hybridized carbons (Fsp3) is 0.500. The Morgan fingerprint density at radius 3 is 2.52 bits per heavy atom. The number of amides is 1. The van der Waals surface area contributed by atoms with Crippen molar-refractivity contribution in [2.45, 2.75) is 39.2 Å². The highest BCUT2D eigenvalue weighted by Crippen LogP contribution is 2.65. The van der Waals surface area contributed by atoms with Gasteiger partial charge in [0, 0.05) is 14.7 Å². The van der Waals surface area contributed by atoms with Gasteiger partial charge in [-0.25, -0.2) is 0 Å². The first-order valence-corrected chi connectivity index (χ1v) is 8.11. The molecule has 5 heteroatoms. The zero-order valence-electron chi connectivity index (χ0n) is 12.3. The number of hydrogen-bond donors (Lipinski definition) is 1. The van der Waals surface area contributed by atoms with Crippen molar-refractivity contribution in [2.75, 3.05) is 5.32 Å². The predicted molar refractivity (Wildman–Crippen MR) is 87.7 cm³/mol. The van der Waals surface area contributed by atoms with Crippen molar-refractivity contribution in [1.29, 1.82) is 0 Å². The van der Waals surface area contributed by atoms with Gasteiger partial charge in [-0.2, -0.15) is 0 Å². The molecule has 1 amide bonds. The highest BCUT2D eigenvalue weighted by atomic mass is 127. The number of carbonyl (C=O) groups excluding carboxylic acids is 2. The maximum Gasteiger partial charge on any atom is 0.313 e. The molecule has 1 aliphatic carbocycles. The molecule has 0 aromatic heterocycles. The van der Waals surface area contributed by atoms with Crippen molar-refractivity contribution in [3.8, 4) is 0 Å². The fourth-order valence-electron chi connectivity index (χ4n) is 3.55. The first-order chi connectivity index (χ1) is 9.73. The van der Waals surface area contributed by atoms with E-state index in [0.29, 0.717) is 12.8 Å². The van der Waals surface area contributed by atoms with Crippen LogP contribution in [-0.4, -0.2) is 17.5 Å². The molecule has 2 bridgehead atoms. The first-order valence-electron chi connectivity index (χ1n) is 7.03. The van der Waals surface area contributed by atoms with Gasteiger partial charge in [0.1, 0.15) is 0 Å². The van der Waals surface area contributed by atoms with Crippen molar-refractivity contribution < 1.29 is 14.3 Å². The normalized spacial score (nSPS) is 32.9. The van der Waals surface area contributed by atoms with Crippen LogP contribution in [0.1, 0.15) is 33.6 Å². The van der Waals surface area contributed by atoms with Crippen LogP contribution in [-0.2, 0) is 14.3 Å². The van der Waals surface area contributed by atoms with Gasteiger partial charge in [0.25, 0.3) is 5.91 Å². The molecule has 21 heavy (non-hydrogen) atoms. The van der Waals surface area contributed by atoms with Gasteiger partial charge in [-0.15, -0.1) is 0 Å². The lowest BCUT2D eigenvalue weighted by Gasteiger charge is -2.35. The van der Waals surface area contributed by atoms with Crippen LogP contribution in [0.4, 0.5) is 5.69 Å². The monoisotopic (exact) mass is 399 g/mol. The van der Waals surface area contributed by atoms with E-state index in [9.17, 15) is 9.59 Å². The molecule has 1 saturated heterocycles. The zero-order chi connectivity index (χ0) is 15.5. The molecule has 1 N–H and O–H groups in total. The molecule has 0 spiro atoms. The van der Waals surface area contributed by atoms with E-state index < -0.39 is 16.4 Å². The van der Waals surface area contributed by atoms with Crippen LogP contribution in [0.3, 0.4) is 0 Å². The predicted octanol–water partition coefficient (Wildman–Crippen LogP) is 3.35. The Hall–Kier alpha value is -1.11. The van der Waals surface area contributed by atoms with Crippen molar-refractivity contribution in [1.82, 2.24) is 0 Å². The Kier molecular flexibility index (Phi) is 3.13. The molecular formula is C16H18INO3. The smallest absolute Gasteiger partial charge is 0.313 e. The average molecular weight is 399 g/mol. The summed E-state index contributed by atoms with van der Waals surface area (Å²) in [5, 5.41) is 2.92. The van der Waals surface area contributed by atoms with E-state index in [1.54, 1.807) is 0 Å². The van der Waals surface area contributed by atoms with Crippen LogP contribution >= 0.6 is 22.6 Å². The second kappa shape index (κ2) is 4.44. The molecule has 2 unspecified atom stereocenters. The first kappa shape index (κ1) is 14.8. The third kappa shape index (κ3) is 1.79. The van der Waals surface area contributed by atoms with Crippen molar-refractivity contribution >= 4 is 40.2 Å². The largest absolute Gasteiger partial charge is 0.448 e. The topological polar surface area (TPSA) is 55.4 Å². The quantitative estimate of drug-likeness (QED) is 0.613. The summed E-state index contributed by atoms with van der Waals surface area (Å²) in [5.74, 6) is -0.472. The lowest BCUT2D eigenvalue weighted by molar-refractivity contribution is -0.165. The zero-order valence-corrected chi connectivity index (χ0v) is 14.5. The second-order valence-electron chi connectivity index (χ2n) is 6.64. The van der Waals surface area contributed by atoms with Crippen LogP contribution in [0.2, 0.25) is 0 Å². The van der Waals surface area contributed by atoms with Crippen LogP contribution in [0.5, 0.6) is 0 Å². The second-order valence-corrected chi connectivity index (χ2v) is 7.88. The molecule has 1 aliphatic heterocycles. The minimum Gasteiger partial charge on any atom is -0.448 e. The van der Waals surface area contributed by atoms with E-state index in [1.165, 1.54) is 0 Å². The summed E-state index contributed by atoms with van der Waals surface area (Å²) >= 11 is 2.20. The molecule has 1 aromatic rings. The van der Waals surface area contributed by atoms with Gasteiger partial charge < -0.3 is 10.1 Å². The number of halogens is 1. The Morgan fingerprint density at radius 1 is 1.29 bits per heavy atom. The number of ether oxygens (including phenoxy) is 1. The van der Waals surface area contributed by atoms with E-state index in [-0.39, 0.29) is 11.9 Å². The molecule has 2 fully saturated rings. The summed E-state index contributed by atoms with van der Waals surface area (Å²) in [5.41, 5.74) is -1.41. The van der Waals surface area contributed by atoms with E-state index >= 15 is 0 Å². The maximum absolute atomic E-state index is 12.8. The van der Waals surface area contributed by atoms with Gasteiger partial charge in [0.2, 0.25) is 0 Å². The lowest BCUT2D eigenvalue weighted by Crippen LogP contribution is -2.50. The molecule has 2 atom stereocenters. The summed E-state index contributed by atoms with van der Waals surface area (Å²) in [6.07, 6.45) is 1.27. The molecule has 1 heterocycles. The number of carbonyl (C=O) groups is 2. The Morgan fingerprint density at radius 2 is 2.00 bits per heavy atom. The number of anilines is 1. The van der Waals surface area contributed by atoms with Gasteiger partial charge in [0.15, 0.2) is 5.60 Å². The Bertz CT molecular complexity index is 642. The SMILES string of the molecule is CC12CCC(C(=O)Nc3cccc(I)c3)(OC1=O)C2(C)C. The number of rotatable bonds is 2. The summed E-state index contributed by atoms with van der Waals surface area (Å²) in [6.45, 7) is 5.82. The molecular weight excluding hydrogens is 381 g/mol. The van der Waals surface area contributed by atoms with Gasteiger partial charge >= 0.3 is 5.97 Å². The standard InChI is InChI=1S/C16H18INO3/c1-14(2)15(3)7-8-16(14,21-13(15)20)12(19)18-11-6-4-5-10(17)9-11/h4-6,9H,7-8H2,1-3H3,(H,18,19). The van der Waals surface area contributed by atoms with Crippen LogP contribution < -0.4 is 5.32 Å². The van der Waals surface area contributed by atoms with Crippen LogP contribution in [0.25, 0.3) is 0 Å². The molecule has 112 valence electrons. The highest BCUT2D eigenvalue weighted by Gasteiger charge is 2.75. The number of fused-ring (bicyclic) bond motifs is 2. The molecule has 2 aliphatic rings. The van der Waals surface area contributed by atoms with Crippen molar-refractivity contribution in [3.05, 3.63) is 27.8 Å². The van der Waals surface area contributed by atoms with E-state index in [1.807, 2.05) is 45.0 Å². The van der Waals surface area contributed by atoms with Crippen LogP contribution in [0, 0.1) is 14.4 Å². The summed E-state index contributed by atoms with van der Waals surface area (Å²) in [7, 11) is 0. The number of hydrogen-bond acceptors (Lipinski definition) is 3. The minimum absolute atomic E-state index is 0.218. The lowest BCUT2D eigenvalue weighted by atomic mass is 9.66. The van der Waals surface area contributed by atoms with Gasteiger partial charge in [-0.1, -0.05) is 19.9 Å². The third-order valence-corrected chi connectivity index (χ3v) is 6.20. The summed E-state index contributed by atoms with van der Waals surface area (Å²) in [6, 6.07) is 7.59. The minimum atomic E-state index is -1.06.